The maximum absolute atomic E-state index is 13.8. The van der Waals surface area contributed by atoms with Crippen LogP contribution in [0.15, 0.2) is 17.1 Å². The van der Waals surface area contributed by atoms with Crippen LogP contribution in [0.5, 0.6) is 0 Å². The molecular weight excluding hydrogens is 217 g/mol. The zero-order valence-corrected chi connectivity index (χ0v) is 10.5. The van der Waals surface area contributed by atoms with Gasteiger partial charge in [0.15, 0.2) is 5.96 Å². The average Bonchev–Trinajstić information content (AvgIpc) is 2.23. The van der Waals surface area contributed by atoms with Gasteiger partial charge in [0.2, 0.25) is 0 Å². The van der Waals surface area contributed by atoms with Crippen LogP contribution in [0.1, 0.15) is 29.5 Å². The van der Waals surface area contributed by atoms with Crippen LogP contribution in [0, 0.1) is 19.7 Å². The molecule has 0 aliphatic rings. The summed E-state index contributed by atoms with van der Waals surface area (Å²) in [6, 6.07) is 3.77. The summed E-state index contributed by atoms with van der Waals surface area (Å²) in [6.45, 7) is 4.38. The van der Waals surface area contributed by atoms with Gasteiger partial charge < -0.3 is 11.5 Å². The van der Waals surface area contributed by atoms with Gasteiger partial charge in [0.25, 0.3) is 0 Å². The minimum Gasteiger partial charge on any atom is -0.370 e. The highest BCUT2D eigenvalue weighted by Gasteiger charge is 2.05. The van der Waals surface area contributed by atoms with Crippen molar-refractivity contribution in [3.05, 3.63) is 34.6 Å². The first-order chi connectivity index (χ1) is 8.00. The van der Waals surface area contributed by atoms with Crippen LogP contribution >= 0.6 is 0 Å². The number of nitrogens with zero attached hydrogens (tertiary/aromatic N) is 1. The third-order valence-electron chi connectivity index (χ3n) is 2.62. The van der Waals surface area contributed by atoms with Crippen LogP contribution in [-0.4, -0.2) is 12.5 Å². The van der Waals surface area contributed by atoms with Crippen LogP contribution < -0.4 is 11.5 Å². The lowest BCUT2D eigenvalue weighted by Gasteiger charge is -2.07. The molecule has 1 rings (SSSR count). The largest absolute Gasteiger partial charge is 0.370 e. The lowest BCUT2D eigenvalue weighted by Crippen LogP contribution is -2.22. The van der Waals surface area contributed by atoms with Gasteiger partial charge in [0.1, 0.15) is 5.82 Å². The second kappa shape index (κ2) is 6.23. The van der Waals surface area contributed by atoms with Gasteiger partial charge >= 0.3 is 0 Å². The number of hydrogen-bond donors (Lipinski definition) is 2. The summed E-state index contributed by atoms with van der Waals surface area (Å²) in [5.74, 6) is 0.0278. The van der Waals surface area contributed by atoms with E-state index in [0.29, 0.717) is 12.1 Å². The van der Waals surface area contributed by atoms with Gasteiger partial charge in [0.05, 0.1) is 0 Å². The van der Waals surface area contributed by atoms with Gasteiger partial charge in [-0.25, -0.2) is 4.39 Å². The zero-order chi connectivity index (χ0) is 12.8. The third kappa shape index (κ3) is 4.43. The zero-order valence-electron chi connectivity index (χ0n) is 10.5. The molecule has 3 nitrogen and oxygen atoms in total. The molecule has 0 radical (unpaired) electrons. The summed E-state index contributed by atoms with van der Waals surface area (Å²) < 4.78 is 13.8. The average molecular weight is 237 g/mol. The predicted octanol–water partition coefficient (Wildman–Crippen LogP) is 2.04. The number of nitrogens with two attached hydrogens (primary N) is 2. The maximum atomic E-state index is 13.8. The molecule has 94 valence electrons. The highest BCUT2D eigenvalue weighted by molar-refractivity contribution is 5.75. The van der Waals surface area contributed by atoms with Crippen molar-refractivity contribution in [3.63, 3.8) is 0 Å². The quantitative estimate of drug-likeness (QED) is 0.467. The first-order valence-corrected chi connectivity index (χ1v) is 5.81. The minimum absolute atomic E-state index is 0.0857. The van der Waals surface area contributed by atoms with Gasteiger partial charge in [-0.1, -0.05) is 17.7 Å². The fourth-order valence-corrected chi connectivity index (χ4v) is 1.86. The number of unbranched alkanes of at least 4 members (excludes halogenated alkanes) is 1. The lowest BCUT2D eigenvalue weighted by atomic mass is 10.0. The molecule has 17 heavy (non-hydrogen) atoms. The second-order valence-corrected chi connectivity index (χ2v) is 4.32. The Morgan fingerprint density at radius 3 is 2.59 bits per heavy atom. The Hall–Kier alpha value is -1.58. The first-order valence-electron chi connectivity index (χ1n) is 5.81. The molecule has 0 aromatic heterocycles. The normalized spacial score (nSPS) is 10.3. The maximum Gasteiger partial charge on any atom is 0.185 e. The third-order valence-corrected chi connectivity index (χ3v) is 2.62. The van der Waals surface area contributed by atoms with Crippen molar-refractivity contribution in [3.8, 4) is 0 Å². The Balaban J connectivity index is 2.49. The molecule has 0 heterocycles. The highest BCUT2D eigenvalue weighted by Crippen LogP contribution is 2.17. The molecule has 1 aromatic rings. The van der Waals surface area contributed by atoms with Crippen molar-refractivity contribution in [1.82, 2.24) is 0 Å². The number of benzene rings is 1. The van der Waals surface area contributed by atoms with E-state index in [0.717, 1.165) is 30.4 Å². The smallest absolute Gasteiger partial charge is 0.185 e. The van der Waals surface area contributed by atoms with E-state index in [1.165, 1.54) is 0 Å². The summed E-state index contributed by atoms with van der Waals surface area (Å²) >= 11 is 0. The van der Waals surface area contributed by atoms with Gasteiger partial charge in [-0.15, -0.1) is 0 Å². The fourth-order valence-electron chi connectivity index (χ4n) is 1.86. The number of halogens is 1. The molecule has 4 heteroatoms. The lowest BCUT2D eigenvalue weighted by molar-refractivity contribution is 0.592. The predicted molar refractivity (Wildman–Crippen MR) is 69.5 cm³/mol. The SMILES string of the molecule is Cc1cc(C)c(F)c(CCCCN=C(N)N)c1. The van der Waals surface area contributed by atoms with Gasteiger partial charge in [-0.05, 0) is 44.2 Å². The molecule has 1 aromatic carbocycles. The van der Waals surface area contributed by atoms with Crippen LogP contribution in [0.4, 0.5) is 4.39 Å². The van der Waals surface area contributed by atoms with E-state index in [-0.39, 0.29) is 11.8 Å². The van der Waals surface area contributed by atoms with Gasteiger partial charge in [0, 0.05) is 6.54 Å². The molecule has 0 fully saturated rings. The topological polar surface area (TPSA) is 64.4 Å². The van der Waals surface area contributed by atoms with Crippen LogP contribution in [-0.2, 0) is 6.42 Å². The number of aliphatic imine (C=N–C) groups is 1. The Kier molecular flexibility index (Phi) is 4.94. The molecule has 0 aliphatic heterocycles. The molecule has 0 aliphatic carbocycles. The molecule has 4 N–H and O–H groups in total. The van der Waals surface area contributed by atoms with E-state index in [1.807, 2.05) is 19.1 Å². The summed E-state index contributed by atoms with van der Waals surface area (Å²) in [4.78, 5) is 3.89. The van der Waals surface area contributed by atoms with E-state index in [1.54, 1.807) is 6.92 Å². The number of rotatable bonds is 5. The molecule has 0 amide bonds. The molecular formula is C13H20FN3. The molecule has 0 saturated carbocycles. The number of guanidine groups is 1. The van der Waals surface area contributed by atoms with Crippen LogP contribution in [0.25, 0.3) is 0 Å². The highest BCUT2D eigenvalue weighted by atomic mass is 19.1. The summed E-state index contributed by atoms with van der Waals surface area (Å²) in [7, 11) is 0. The van der Waals surface area contributed by atoms with E-state index in [2.05, 4.69) is 4.99 Å². The minimum atomic E-state index is -0.0857. The van der Waals surface area contributed by atoms with Gasteiger partial charge in [-0.3, -0.25) is 4.99 Å². The summed E-state index contributed by atoms with van der Waals surface area (Å²) in [5, 5.41) is 0. The van der Waals surface area contributed by atoms with E-state index < -0.39 is 0 Å². The van der Waals surface area contributed by atoms with E-state index in [9.17, 15) is 4.39 Å². The monoisotopic (exact) mass is 237 g/mol. The van der Waals surface area contributed by atoms with Gasteiger partial charge in [-0.2, -0.15) is 0 Å². The molecule has 0 bridgehead atoms. The Labute approximate surface area is 102 Å². The Morgan fingerprint density at radius 2 is 1.94 bits per heavy atom. The molecule has 0 spiro atoms. The van der Waals surface area contributed by atoms with Crippen LogP contribution in [0.2, 0.25) is 0 Å². The van der Waals surface area contributed by atoms with Crippen molar-refractivity contribution in [2.45, 2.75) is 33.1 Å². The van der Waals surface area contributed by atoms with Crippen molar-refractivity contribution in [2.24, 2.45) is 16.5 Å². The van der Waals surface area contributed by atoms with E-state index >= 15 is 0 Å². The number of aryl methyl sites for hydroxylation is 3. The van der Waals surface area contributed by atoms with Crippen molar-refractivity contribution < 1.29 is 4.39 Å². The Bertz CT molecular complexity index is 409. The first kappa shape index (κ1) is 13.5. The molecule has 0 saturated heterocycles. The van der Waals surface area contributed by atoms with E-state index in [4.69, 9.17) is 11.5 Å². The van der Waals surface area contributed by atoms with Crippen molar-refractivity contribution >= 4 is 5.96 Å². The molecule has 0 unspecified atom stereocenters. The fraction of sp³-hybridized carbons (Fsp3) is 0.462. The van der Waals surface area contributed by atoms with Crippen molar-refractivity contribution in [1.29, 1.82) is 0 Å². The summed E-state index contributed by atoms with van der Waals surface area (Å²) in [6.07, 6.45) is 2.48. The summed E-state index contributed by atoms with van der Waals surface area (Å²) in [5.41, 5.74) is 13.0. The molecule has 0 atom stereocenters. The van der Waals surface area contributed by atoms with Crippen LogP contribution in [0.3, 0.4) is 0 Å². The standard InChI is InChI=1S/C13H20FN3/c1-9-7-10(2)12(14)11(8-9)5-3-4-6-17-13(15)16/h7-8H,3-6H2,1-2H3,(H4,15,16,17). The van der Waals surface area contributed by atoms with Crippen molar-refractivity contribution in [2.75, 3.05) is 6.54 Å². The Morgan fingerprint density at radius 1 is 1.24 bits per heavy atom. The number of hydrogen-bond acceptors (Lipinski definition) is 1. The second-order valence-electron chi connectivity index (χ2n) is 4.32.